The summed E-state index contributed by atoms with van der Waals surface area (Å²) in [6.07, 6.45) is 0.696. The predicted octanol–water partition coefficient (Wildman–Crippen LogP) is 1.53. The van der Waals surface area contributed by atoms with Gasteiger partial charge < -0.3 is 20.1 Å². The number of anilines is 1. The van der Waals surface area contributed by atoms with Crippen LogP contribution in [0.4, 0.5) is 10.1 Å². The number of carbonyl (C=O) groups is 1. The third kappa shape index (κ3) is 4.47. The summed E-state index contributed by atoms with van der Waals surface area (Å²) in [5, 5.41) is 0. The van der Waals surface area contributed by atoms with Crippen LogP contribution >= 0.6 is 0 Å². The van der Waals surface area contributed by atoms with E-state index < -0.39 is 5.82 Å². The number of amides is 1. The maximum absolute atomic E-state index is 13.4. The maximum Gasteiger partial charge on any atom is 0.256 e. The summed E-state index contributed by atoms with van der Waals surface area (Å²) in [5.74, 6) is -0.880. The van der Waals surface area contributed by atoms with Gasteiger partial charge in [-0.25, -0.2) is 4.39 Å². The van der Waals surface area contributed by atoms with Crippen molar-refractivity contribution in [3.63, 3.8) is 0 Å². The SMILES string of the molecule is COCCCN(CCOC)C(=O)c1cccc(F)c1N. The number of methoxy groups -OCH3 is 2. The Labute approximate surface area is 118 Å². The molecule has 112 valence electrons. The van der Waals surface area contributed by atoms with Gasteiger partial charge in [0, 0.05) is 33.9 Å². The summed E-state index contributed by atoms with van der Waals surface area (Å²) in [7, 11) is 3.17. The van der Waals surface area contributed by atoms with Crippen molar-refractivity contribution in [2.75, 3.05) is 46.3 Å². The second-order valence-electron chi connectivity index (χ2n) is 4.33. The van der Waals surface area contributed by atoms with Gasteiger partial charge in [-0.3, -0.25) is 4.79 Å². The largest absolute Gasteiger partial charge is 0.396 e. The van der Waals surface area contributed by atoms with Crippen LogP contribution in [0.5, 0.6) is 0 Å². The third-order valence-electron chi connectivity index (χ3n) is 2.91. The molecule has 1 rings (SSSR count). The van der Waals surface area contributed by atoms with E-state index in [1.165, 1.54) is 18.2 Å². The molecule has 0 aliphatic carbocycles. The molecule has 0 unspecified atom stereocenters. The van der Waals surface area contributed by atoms with Crippen molar-refractivity contribution in [2.45, 2.75) is 6.42 Å². The van der Waals surface area contributed by atoms with Crippen LogP contribution in [0.2, 0.25) is 0 Å². The Morgan fingerprint density at radius 3 is 2.60 bits per heavy atom. The fraction of sp³-hybridized carbons (Fsp3) is 0.500. The second kappa shape index (κ2) is 8.50. The molecule has 0 spiro atoms. The molecule has 0 atom stereocenters. The van der Waals surface area contributed by atoms with Gasteiger partial charge in [0.15, 0.2) is 0 Å². The lowest BCUT2D eigenvalue weighted by atomic mass is 10.1. The Hall–Kier alpha value is -1.66. The minimum absolute atomic E-state index is 0.119. The van der Waals surface area contributed by atoms with Gasteiger partial charge in [-0.2, -0.15) is 0 Å². The molecule has 0 fully saturated rings. The van der Waals surface area contributed by atoms with Gasteiger partial charge in [-0.1, -0.05) is 6.07 Å². The van der Waals surface area contributed by atoms with E-state index in [1.54, 1.807) is 19.1 Å². The molecule has 0 aliphatic heterocycles. The van der Waals surface area contributed by atoms with Crippen molar-refractivity contribution in [1.82, 2.24) is 4.90 Å². The molecule has 6 heteroatoms. The van der Waals surface area contributed by atoms with Crippen LogP contribution in [0.1, 0.15) is 16.8 Å². The van der Waals surface area contributed by atoms with Crippen molar-refractivity contribution in [3.8, 4) is 0 Å². The summed E-state index contributed by atoms with van der Waals surface area (Å²) in [4.78, 5) is 14.0. The van der Waals surface area contributed by atoms with Crippen molar-refractivity contribution in [2.24, 2.45) is 0 Å². The number of nitrogens with two attached hydrogens (primary N) is 1. The fourth-order valence-corrected chi connectivity index (χ4v) is 1.81. The van der Waals surface area contributed by atoms with E-state index in [4.69, 9.17) is 15.2 Å². The Bertz CT molecular complexity index is 440. The lowest BCUT2D eigenvalue weighted by Gasteiger charge is -2.23. The highest BCUT2D eigenvalue weighted by molar-refractivity contribution is 5.99. The first-order valence-electron chi connectivity index (χ1n) is 6.43. The summed E-state index contributed by atoms with van der Waals surface area (Å²) in [6, 6.07) is 4.23. The number of nitrogens with zero attached hydrogens (tertiary/aromatic N) is 1. The summed E-state index contributed by atoms with van der Waals surface area (Å²) in [6.45, 7) is 1.89. The van der Waals surface area contributed by atoms with Gasteiger partial charge in [0.05, 0.1) is 17.9 Å². The van der Waals surface area contributed by atoms with Crippen LogP contribution < -0.4 is 5.73 Å². The zero-order valence-corrected chi connectivity index (χ0v) is 11.9. The smallest absolute Gasteiger partial charge is 0.256 e. The van der Waals surface area contributed by atoms with E-state index in [2.05, 4.69) is 0 Å². The lowest BCUT2D eigenvalue weighted by molar-refractivity contribution is 0.0675. The summed E-state index contributed by atoms with van der Waals surface area (Å²) in [5.41, 5.74) is 5.69. The van der Waals surface area contributed by atoms with Gasteiger partial charge in [-0.05, 0) is 18.6 Å². The van der Waals surface area contributed by atoms with Crippen LogP contribution in [0.3, 0.4) is 0 Å². The molecule has 20 heavy (non-hydrogen) atoms. The Morgan fingerprint density at radius 2 is 1.95 bits per heavy atom. The number of para-hydroxylation sites is 1. The quantitative estimate of drug-likeness (QED) is 0.581. The van der Waals surface area contributed by atoms with Gasteiger partial charge in [0.25, 0.3) is 5.91 Å². The molecular weight excluding hydrogens is 263 g/mol. The molecular formula is C14H21FN2O3. The van der Waals surface area contributed by atoms with E-state index in [1.807, 2.05) is 0 Å². The monoisotopic (exact) mass is 284 g/mol. The number of nitrogen functional groups attached to an aromatic ring is 1. The van der Waals surface area contributed by atoms with E-state index in [0.29, 0.717) is 32.7 Å². The van der Waals surface area contributed by atoms with E-state index in [9.17, 15) is 9.18 Å². The zero-order chi connectivity index (χ0) is 15.0. The Balaban J connectivity index is 2.82. The third-order valence-corrected chi connectivity index (χ3v) is 2.91. The standard InChI is InChI=1S/C14H21FN2O3/c1-19-9-4-7-17(8-10-20-2)14(18)11-5-3-6-12(15)13(11)16/h3,5-6H,4,7-10,16H2,1-2H3. The van der Waals surface area contributed by atoms with Gasteiger partial charge >= 0.3 is 0 Å². The summed E-state index contributed by atoms with van der Waals surface area (Å²) < 4.78 is 23.4. The minimum Gasteiger partial charge on any atom is -0.396 e. The number of halogens is 1. The number of carbonyl (C=O) groups excluding carboxylic acids is 1. The topological polar surface area (TPSA) is 64.8 Å². The van der Waals surface area contributed by atoms with Crippen molar-refractivity contribution >= 4 is 11.6 Å². The van der Waals surface area contributed by atoms with Crippen molar-refractivity contribution in [3.05, 3.63) is 29.6 Å². The van der Waals surface area contributed by atoms with Crippen molar-refractivity contribution < 1.29 is 18.7 Å². The normalized spacial score (nSPS) is 10.6. The Kier molecular flexibility index (Phi) is 6.97. The zero-order valence-electron chi connectivity index (χ0n) is 11.9. The lowest BCUT2D eigenvalue weighted by Crippen LogP contribution is -2.35. The fourth-order valence-electron chi connectivity index (χ4n) is 1.81. The van der Waals surface area contributed by atoms with E-state index in [-0.39, 0.29) is 17.2 Å². The molecule has 2 N–H and O–H groups in total. The second-order valence-corrected chi connectivity index (χ2v) is 4.33. The maximum atomic E-state index is 13.4. The van der Waals surface area contributed by atoms with E-state index >= 15 is 0 Å². The highest BCUT2D eigenvalue weighted by Crippen LogP contribution is 2.18. The molecule has 0 radical (unpaired) electrons. The van der Waals surface area contributed by atoms with Crippen LogP contribution in [-0.2, 0) is 9.47 Å². The molecule has 0 heterocycles. The first-order chi connectivity index (χ1) is 9.61. The average Bonchev–Trinajstić information content (AvgIpc) is 2.45. The summed E-state index contributed by atoms with van der Waals surface area (Å²) >= 11 is 0. The first kappa shape index (κ1) is 16.4. The molecule has 1 aromatic rings. The van der Waals surface area contributed by atoms with E-state index in [0.717, 1.165) is 0 Å². The van der Waals surface area contributed by atoms with Crippen LogP contribution in [0.25, 0.3) is 0 Å². The van der Waals surface area contributed by atoms with Crippen LogP contribution in [0.15, 0.2) is 18.2 Å². The van der Waals surface area contributed by atoms with Gasteiger partial charge in [0.1, 0.15) is 5.82 Å². The highest BCUT2D eigenvalue weighted by Gasteiger charge is 2.19. The number of hydrogen-bond acceptors (Lipinski definition) is 4. The van der Waals surface area contributed by atoms with Gasteiger partial charge in [0.2, 0.25) is 0 Å². The van der Waals surface area contributed by atoms with Crippen molar-refractivity contribution in [1.29, 1.82) is 0 Å². The minimum atomic E-state index is -0.584. The molecule has 0 aromatic heterocycles. The first-order valence-corrected chi connectivity index (χ1v) is 6.43. The van der Waals surface area contributed by atoms with Crippen LogP contribution in [0, 0.1) is 5.82 Å². The highest BCUT2D eigenvalue weighted by atomic mass is 19.1. The molecule has 0 aliphatic rings. The molecule has 1 aromatic carbocycles. The number of hydrogen-bond donors (Lipinski definition) is 1. The predicted molar refractivity (Wildman–Crippen MR) is 75.1 cm³/mol. The molecule has 0 saturated heterocycles. The van der Waals surface area contributed by atoms with Gasteiger partial charge in [-0.15, -0.1) is 0 Å². The Morgan fingerprint density at radius 1 is 1.25 bits per heavy atom. The number of ether oxygens (including phenoxy) is 2. The molecule has 0 saturated carbocycles. The molecule has 1 amide bonds. The average molecular weight is 284 g/mol. The molecule has 0 bridgehead atoms. The number of benzene rings is 1. The number of rotatable bonds is 8. The molecule has 5 nitrogen and oxygen atoms in total. The van der Waals surface area contributed by atoms with Crippen LogP contribution in [-0.4, -0.2) is 51.3 Å².